The summed E-state index contributed by atoms with van der Waals surface area (Å²) in [4.78, 5) is 24.5. The Kier molecular flexibility index (Phi) is 7.41. The largest absolute Gasteiger partial charge is 0.380 e. The molecule has 2 aromatic heterocycles. The summed E-state index contributed by atoms with van der Waals surface area (Å²) < 4.78 is 25.8. The van der Waals surface area contributed by atoms with Crippen LogP contribution in [0.4, 0.5) is 10.2 Å². The van der Waals surface area contributed by atoms with Crippen molar-refractivity contribution in [2.24, 2.45) is 0 Å². The lowest BCUT2D eigenvalue weighted by Crippen LogP contribution is -2.39. The number of ether oxygens (including phenoxy) is 2. The number of nitrogens with zero attached hydrogens (tertiary/aromatic N) is 4. The van der Waals surface area contributed by atoms with E-state index in [2.05, 4.69) is 20.2 Å². The smallest absolute Gasteiger partial charge is 0.293 e. The minimum Gasteiger partial charge on any atom is -0.380 e. The van der Waals surface area contributed by atoms with Crippen LogP contribution in [0.15, 0.2) is 41.3 Å². The van der Waals surface area contributed by atoms with Crippen LogP contribution < -0.4 is 10.9 Å². The zero-order chi connectivity index (χ0) is 22.3. The second-order valence-corrected chi connectivity index (χ2v) is 7.57. The average Bonchev–Trinajstić information content (AvgIpc) is 2.82. The van der Waals surface area contributed by atoms with Crippen molar-refractivity contribution in [3.63, 3.8) is 0 Å². The maximum absolute atomic E-state index is 13.3. The van der Waals surface area contributed by atoms with E-state index in [1.807, 2.05) is 13.0 Å². The Hall–Kier alpha value is -2.88. The lowest BCUT2D eigenvalue weighted by molar-refractivity contribution is 0.0398. The molecule has 9 heteroatoms. The van der Waals surface area contributed by atoms with Crippen LogP contribution in [-0.4, -0.2) is 72.0 Å². The van der Waals surface area contributed by atoms with E-state index in [0.717, 1.165) is 44.0 Å². The molecule has 170 valence electrons. The molecule has 3 aromatic rings. The minimum atomic E-state index is -0.300. The van der Waals surface area contributed by atoms with Crippen LogP contribution >= 0.6 is 0 Å². The van der Waals surface area contributed by atoms with Crippen molar-refractivity contribution >= 4 is 17.0 Å². The zero-order valence-electron chi connectivity index (χ0n) is 18.2. The van der Waals surface area contributed by atoms with Crippen molar-refractivity contribution in [3.8, 4) is 11.1 Å². The Bertz CT molecular complexity index is 1100. The van der Waals surface area contributed by atoms with E-state index in [-0.39, 0.29) is 17.2 Å². The van der Waals surface area contributed by atoms with Gasteiger partial charge < -0.3 is 14.8 Å². The van der Waals surface area contributed by atoms with Gasteiger partial charge in [-0.3, -0.25) is 14.3 Å². The van der Waals surface area contributed by atoms with E-state index in [0.29, 0.717) is 37.5 Å². The maximum Gasteiger partial charge on any atom is 0.293 e. The van der Waals surface area contributed by atoms with Crippen molar-refractivity contribution in [1.82, 2.24) is 19.4 Å². The number of aromatic nitrogens is 3. The molecule has 0 radical (unpaired) electrons. The highest BCUT2D eigenvalue weighted by molar-refractivity contribution is 5.79. The molecule has 32 heavy (non-hydrogen) atoms. The van der Waals surface area contributed by atoms with Gasteiger partial charge in [-0.2, -0.15) is 0 Å². The fraction of sp³-hybridized carbons (Fsp3) is 0.435. The van der Waals surface area contributed by atoms with Crippen LogP contribution in [0.3, 0.4) is 0 Å². The van der Waals surface area contributed by atoms with Crippen LogP contribution in [0.2, 0.25) is 0 Å². The third kappa shape index (κ3) is 5.29. The monoisotopic (exact) mass is 441 g/mol. The highest BCUT2D eigenvalue weighted by Gasteiger charge is 2.15. The maximum atomic E-state index is 13.3. The number of fused-ring (bicyclic) bond motifs is 1. The van der Waals surface area contributed by atoms with Crippen LogP contribution in [0.5, 0.6) is 0 Å². The number of rotatable bonds is 9. The highest BCUT2D eigenvalue weighted by Crippen LogP contribution is 2.22. The van der Waals surface area contributed by atoms with Crippen molar-refractivity contribution < 1.29 is 13.9 Å². The molecule has 1 fully saturated rings. The normalized spacial score (nSPS) is 14.7. The van der Waals surface area contributed by atoms with Gasteiger partial charge >= 0.3 is 0 Å². The van der Waals surface area contributed by atoms with E-state index in [4.69, 9.17) is 9.47 Å². The first kappa shape index (κ1) is 22.3. The Morgan fingerprint density at radius 1 is 1.16 bits per heavy atom. The van der Waals surface area contributed by atoms with E-state index in [1.165, 1.54) is 12.1 Å². The van der Waals surface area contributed by atoms with Crippen molar-refractivity contribution in [1.29, 1.82) is 0 Å². The first-order valence-corrected chi connectivity index (χ1v) is 10.9. The molecular formula is C23H28FN5O3. The standard InChI is InChI=1S/C23H28FN5O3/c1-2-31-14-11-29-20-15-18(17-3-5-19(24)6-4-17)16-26-21(20)27-22(23(29)30)25-7-8-28-9-12-32-13-10-28/h3-6,15-16H,2,7-14H2,1H3,(H,25,26,27). The fourth-order valence-corrected chi connectivity index (χ4v) is 3.72. The zero-order valence-corrected chi connectivity index (χ0v) is 18.2. The van der Waals surface area contributed by atoms with Gasteiger partial charge in [-0.1, -0.05) is 12.1 Å². The van der Waals surface area contributed by atoms with Crippen molar-refractivity contribution in [3.05, 3.63) is 52.7 Å². The van der Waals surface area contributed by atoms with E-state index >= 15 is 0 Å². The molecule has 1 aliphatic rings. The summed E-state index contributed by atoms with van der Waals surface area (Å²) in [5.74, 6) is -0.0186. The molecule has 3 heterocycles. The van der Waals surface area contributed by atoms with Gasteiger partial charge in [0.05, 0.1) is 25.3 Å². The quantitative estimate of drug-likeness (QED) is 0.511. The van der Waals surface area contributed by atoms with Crippen molar-refractivity contribution in [2.75, 3.05) is 57.9 Å². The molecule has 4 rings (SSSR count). The molecule has 8 nitrogen and oxygen atoms in total. The molecule has 1 aromatic carbocycles. The van der Waals surface area contributed by atoms with Gasteiger partial charge in [0.25, 0.3) is 5.56 Å². The Morgan fingerprint density at radius 3 is 2.69 bits per heavy atom. The van der Waals surface area contributed by atoms with Gasteiger partial charge in [0.2, 0.25) is 0 Å². The number of pyridine rings is 1. The van der Waals surface area contributed by atoms with Crippen LogP contribution in [0.25, 0.3) is 22.3 Å². The summed E-state index contributed by atoms with van der Waals surface area (Å²) in [6, 6.07) is 8.06. The summed E-state index contributed by atoms with van der Waals surface area (Å²) in [6.07, 6.45) is 1.69. The molecule has 1 saturated heterocycles. The second kappa shape index (κ2) is 10.6. The van der Waals surface area contributed by atoms with Gasteiger partial charge in [0.1, 0.15) is 5.82 Å². The predicted molar refractivity (Wildman–Crippen MR) is 121 cm³/mol. The predicted octanol–water partition coefficient (Wildman–Crippen LogP) is 2.38. The lowest BCUT2D eigenvalue weighted by Gasteiger charge is -2.26. The van der Waals surface area contributed by atoms with Crippen molar-refractivity contribution in [2.45, 2.75) is 13.5 Å². The minimum absolute atomic E-state index is 0.211. The molecule has 0 amide bonds. The first-order valence-electron chi connectivity index (χ1n) is 10.9. The van der Waals surface area contributed by atoms with Gasteiger partial charge in [0, 0.05) is 51.1 Å². The fourth-order valence-electron chi connectivity index (χ4n) is 3.72. The molecule has 0 bridgehead atoms. The Morgan fingerprint density at radius 2 is 1.94 bits per heavy atom. The van der Waals surface area contributed by atoms with Gasteiger partial charge in [-0.15, -0.1) is 0 Å². The first-order chi connectivity index (χ1) is 15.7. The number of morpholine rings is 1. The summed E-state index contributed by atoms with van der Waals surface area (Å²) in [7, 11) is 0. The molecule has 0 saturated carbocycles. The number of nitrogens with one attached hydrogen (secondary N) is 1. The number of benzene rings is 1. The van der Waals surface area contributed by atoms with Gasteiger partial charge in [-0.25, -0.2) is 14.4 Å². The van der Waals surface area contributed by atoms with Crippen LogP contribution in [0.1, 0.15) is 6.92 Å². The summed E-state index contributed by atoms with van der Waals surface area (Å²) in [5, 5.41) is 3.19. The van der Waals surface area contributed by atoms with E-state index in [9.17, 15) is 9.18 Å². The lowest BCUT2D eigenvalue weighted by atomic mass is 10.1. The highest BCUT2D eigenvalue weighted by atomic mass is 19.1. The van der Waals surface area contributed by atoms with Gasteiger partial charge in [-0.05, 0) is 30.7 Å². The topological polar surface area (TPSA) is 81.5 Å². The molecule has 0 spiro atoms. The summed E-state index contributed by atoms with van der Waals surface area (Å²) >= 11 is 0. The van der Waals surface area contributed by atoms with Crippen LogP contribution in [0, 0.1) is 5.82 Å². The average molecular weight is 442 g/mol. The molecular weight excluding hydrogens is 413 g/mol. The van der Waals surface area contributed by atoms with E-state index in [1.54, 1.807) is 22.9 Å². The number of halogens is 1. The third-order valence-electron chi connectivity index (χ3n) is 5.47. The Labute approximate surface area is 186 Å². The number of anilines is 1. The number of hydrogen-bond donors (Lipinski definition) is 1. The van der Waals surface area contributed by atoms with Gasteiger partial charge in [0.15, 0.2) is 11.5 Å². The molecule has 0 atom stereocenters. The molecule has 1 aliphatic heterocycles. The Balaban J connectivity index is 1.62. The van der Waals surface area contributed by atoms with Crippen LogP contribution in [-0.2, 0) is 16.0 Å². The second-order valence-electron chi connectivity index (χ2n) is 7.57. The summed E-state index contributed by atoms with van der Waals surface area (Å²) in [6.45, 7) is 7.94. The van der Waals surface area contributed by atoms with E-state index < -0.39 is 0 Å². The molecule has 0 unspecified atom stereocenters. The molecule has 0 aliphatic carbocycles. The SMILES string of the molecule is CCOCCn1c(=O)c(NCCN2CCOCC2)nc2ncc(-c3ccc(F)cc3)cc21. The number of hydrogen-bond acceptors (Lipinski definition) is 7. The molecule has 1 N–H and O–H groups in total. The summed E-state index contributed by atoms with van der Waals surface area (Å²) in [5.41, 5.74) is 2.49. The third-order valence-corrected chi connectivity index (χ3v) is 5.47.